The molecule has 3 rings (SSSR count). The zero-order valence-electron chi connectivity index (χ0n) is 10.2. The van der Waals surface area contributed by atoms with Crippen molar-refractivity contribution in [3.63, 3.8) is 0 Å². The summed E-state index contributed by atoms with van der Waals surface area (Å²) in [7, 11) is 0. The summed E-state index contributed by atoms with van der Waals surface area (Å²) in [4.78, 5) is 0. The van der Waals surface area contributed by atoms with Gasteiger partial charge in [0.15, 0.2) is 0 Å². The molecule has 2 heteroatoms. The number of hydrogen-bond donors (Lipinski definition) is 1. The lowest BCUT2D eigenvalue weighted by atomic mass is 9.93. The summed E-state index contributed by atoms with van der Waals surface area (Å²) in [6, 6.07) is 3.36. The molecule has 1 fully saturated rings. The summed E-state index contributed by atoms with van der Waals surface area (Å²) >= 11 is 0. The first-order chi connectivity index (χ1) is 7.81. The summed E-state index contributed by atoms with van der Waals surface area (Å²) in [5.74, 6) is 0.944. The fourth-order valence-corrected chi connectivity index (χ4v) is 3.32. The van der Waals surface area contributed by atoms with Crippen LogP contribution in [0.5, 0.6) is 0 Å². The molecule has 0 aromatic carbocycles. The molecule has 1 saturated carbocycles. The van der Waals surface area contributed by atoms with Crippen LogP contribution in [0.2, 0.25) is 0 Å². The number of rotatable bonds is 3. The predicted octanol–water partition coefficient (Wildman–Crippen LogP) is 3.19. The smallest absolute Gasteiger partial charge is 0.0365 e. The van der Waals surface area contributed by atoms with Crippen LogP contribution in [0.25, 0.3) is 0 Å². The highest BCUT2D eigenvalue weighted by molar-refractivity contribution is 5.29. The molecule has 0 aliphatic heterocycles. The molecule has 0 spiro atoms. The maximum atomic E-state index is 6.16. The molecule has 1 aromatic heterocycles. The Labute approximate surface area is 97.8 Å². The topological polar surface area (TPSA) is 30.9 Å². The minimum Gasteiger partial charge on any atom is -0.348 e. The third-order valence-electron chi connectivity index (χ3n) is 4.29. The third-order valence-corrected chi connectivity index (χ3v) is 4.29. The van der Waals surface area contributed by atoms with Gasteiger partial charge in [-0.05, 0) is 49.7 Å². The van der Waals surface area contributed by atoms with E-state index in [-0.39, 0.29) is 0 Å². The Bertz CT molecular complexity index is 380. The van der Waals surface area contributed by atoms with Gasteiger partial charge in [0, 0.05) is 24.0 Å². The van der Waals surface area contributed by atoms with Crippen LogP contribution in [0.3, 0.4) is 0 Å². The van der Waals surface area contributed by atoms with Gasteiger partial charge in [-0.2, -0.15) is 0 Å². The molecule has 3 atom stereocenters. The first-order valence-electron chi connectivity index (χ1n) is 6.76. The van der Waals surface area contributed by atoms with Crippen LogP contribution >= 0.6 is 0 Å². The Morgan fingerprint density at radius 3 is 3.19 bits per heavy atom. The zero-order valence-corrected chi connectivity index (χ0v) is 10.2. The van der Waals surface area contributed by atoms with Crippen molar-refractivity contribution >= 4 is 0 Å². The normalized spacial score (nSPS) is 32.5. The molecule has 1 heterocycles. The lowest BCUT2D eigenvalue weighted by Crippen LogP contribution is -2.18. The number of hydrogen-bond acceptors (Lipinski definition) is 1. The molecule has 1 aromatic rings. The van der Waals surface area contributed by atoms with E-state index in [9.17, 15) is 0 Å². The first-order valence-corrected chi connectivity index (χ1v) is 6.76. The lowest BCUT2D eigenvalue weighted by Gasteiger charge is -2.21. The van der Waals surface area contributed by atoms with Crippen LogP contribution in [-0.4, -0.2) is 4.57 Å². The van der Waals surface area contributed by atoms with Crippen LogP contribution < -0.4 is 5.73 Å². The lowest BCUT2D eigenvalue weighted by molar-refractivity contribution is 0.527. The highest BCUT2D eigenvalue weighted by Gasteiger charge is 2.39. The van der Waals surface area contributed by atoms with Crippen molar-refractivity contribution in [2.24, 2.45) is 11.7 Å². The van der Waals surface area contributed by atoms with Crippen molar-refractivity contribution in [2.45, 2.75) is 57.5 Å². The molecular weight excluding hydrogens is 196 g/mol. The van der Waals surface area contributed by atoms with Crippen LogP contribution in [-0.2, 0) is 6.42 Å². The molecule has 2 aliphatic carbocycles. The summed E-state index contributed by atoms with van der Waals surface area (Å²) in [5.41, 5.74) is 9.13. The molecule has 0 amide bonds. The quantitative estimate of drug-likeness (QED) is 0.830. The zero-order chi connectivity index (χ0) is 11.1. The molecule has 2 nitrogen and oxygen atoms in total. The molecular formula is C14H22N2. The van der Waals surface area contributed by atoms with Crippen molar-refractivity contribution in [1.82, 2.24) is 4.57 Å². The van der Waals surface area contributed by atoms with E-state index in [1.807, 2.05) is 0 Å². The second-order valence-electron chi connectivity index (χ2n) is 5.48. The van der Waals surface area contributed by atoms with E-state index < -0.39 is 0 Å². The highest BCUT2D eigenvalue weighted by Crippen LogP contribution is 2.48. The van der Waals surface area contributed by atoms with Crippen molar-refractivity contribution in [2.75, 3.05) is 0 Å². The number of aromatic nitrogens is 1. The fraction of sp³-hybridized carbons (Fsp3) is 0.714. The summed E-state index contributed by atoms with van der Waals surface area (Å²) in [5, 5.41) is 0. The van der Waals surface area contributed by atoms with Gasteiger partial charge in [0.05, 0.1) is 0 Å². The van der Waals surface area contributed by atoms with Crippen molar-refractivity contribution in [3.8, 4) is 0 Å². The molecule has 0 bridgehead atoms. The maximum Gasteiger partial charge on any atom is 0.0365 e. The van der Waals surface area contributed by atoms with Crippen LogP contribution in [0, 0.1) is 5.92 Å². The Morgan fingerprint density at radius 1 is 1.50 bits per heavy atom. The molecule has 0 saturated heterocycles. The highest BCUT2D eigenvalue weighted by atomic mass is 15.1. The Morgan fingerprint density at radius 2 is 2.38 bits per heavy atom. The van der Waals surface area contributed by atoms with E-state index in [1.54, 1.807) is 5.69 Å². The van der Waals surface area contributed by atoms with Gasteiger partial charge in [0.1, 0.15) is 0 Å². The van der Waals surface area contributed by atoms with Crippen LogP contribution in [0.15, 0.2) is 12.3 Å². The van der Waals surface area contributed by atoms with E-state index in [0.717, 1.165) is 12.0 Å². The Kier molecular flexibility index (Phi) is 2.55. The van der Waals surface area contributed by atoms with E-state index in [2.05, 4.69) is 23.8 Å². The van der Waals surface area contributed by atoms with Crippen molar-refractivity contribution in [3.05, 3.63) is 23.5 Å². The Hall–Kier alpha value is -0.760. The summed E-state index contributed by atoms with van der Waals surface area (Å²) in [6.45, 7) is 2.29. The first kappa shape index (κ1) is 10.4. The monoisotopic (exact) mass is 218 g/mol. The average molecular weight is 218 g/mol. The summed E-state index contributed by atoms with van der Waals surface area (Å²) in [6.07, 6.45) is 10.1. The molecule has 88 valence electrons. The van der Waals surface area contributed by atoms with E-state index >= 15 is 0 Å². The Balaban J connectivity index is 1.82. The van der Waals surface area contributed by atoms with E-state index in [4.69, 9.17) is 5.73 Å². The van der Waals surface area contributed by atoms with E-state index in [0.29, 0.717) is 6.04 Å². The van der Waals surface area contributed by atoms with Gasteiger partial charge < -0.3 is 10.3 Å². The van der Waals surface area contributed by atoms with Gasteiger partial charge in [0.25, 0.3) is 0 Å². The SMILES string of the molecule is CCCC1CC1n1ccc2c1CCCC2N. The molecule has 2 aliphatic rings. The van der Waals surface area contributed by atoms with Crippen LogP contribution in [0.4, 0.5) is 0 Å². The molecule has 0 radical (unpaired) electrons. The van der Waals surface area contributed by atoms with Gasteiger partial charge in [-0.3, -0.25) is 0 Å². The van der Waals surface area contributed by atoms with Crippen molar-refractivity contribution in [1.29, 1.82) is 0 Å². The average Bonchev–Trinajstić information content (AvgIpc) is 2.89. The third kappa shape index (κ3) is 1.60. The number of nitrogens with two attached hydrogens (primary N) is 1. The minimum atomic E-state index is 0.299. The van der Waals surface area contributed by atoms with Gasteiger partial charge in [0.2, 0.25) is 0 Å². The maximum absolute atomic E-state index is 6.16. The second kappa shape index (κ2) is 3.92. The van der Waals surface area contributed by atoms with Gasteiger partial charge in [-0.15, -0.1) is 0 Å². The molecule has 3 unspecified atom stereocenters. The molecule has 2 N–H and O–H groups in total. The largest absolute Gasteiger partial charge is 0.348 e. The van der Waals surface area contributed by atoms with Crippen LogP contribution in [0.1, 0.15) is 62.4 Å². The van der Waals surface area contributed by atoms with E-state index in [1.165, 1.54) is 44.1 Å². The molecule has 16 heavy (non-hydrogen) atoms. The van der Waals surface area contributed by atoms with Crippen molar-refractivity contribution < 1.29 is 0 Å². The fourth-order valence-electron chi connectivity index (χ4n) is 3.32. The number of fused-ring (bicyclic) bond motifs is 1. The minimum absolute atomic E-state index is 0.299. The standard InChI is InChI=1S/C14H22N2/c1-2-4-10-9-14(10)16-8-7-11-12(15)5-3-6-13(11)16/h7-8,10,12,14H,2-6,9,15H2,1H3. The van der Waals surface area contributed by atoms with Gasteiger partial charge in [-0.1, -0.05) is 13.3 Å². The predicted molar refractivity (Wildman–Crippen MR) is 66.4 cm³/mol. The van der Waals surface area contributed by atoms with Gasteiger partial charge >= 0.3 is 0 Å². The van der Waals surface area contributed by atoms with Gasteiger partial charge in [-0.25, -0.2) is 0 Å². The second-order valence-corrected chi connectivity index (χ2v) is 5.48. The number of nitrogens with zero attached hydrogens (tertiary/aromatic N) is 1. The summed E-state index contributed by atoms with van der Waals surface area (Å²) < 4.78 is 2.54.